The Hall–Kier alpha value is -1.47. The Balaban J connectivity index is 3.78. The first kappa shape index (κ1) is 15.5. The van der Waals surface area contributed by atoms with Gasteiger partial charge in [-0.15, -0.1) is 0 Å². The normalized spacial score (nSPS) is 13.6. The van der Waals surface area contributed by atoms with E-state index in [0.717, 1.165) is 6.92 Å². The van der Waals surface area contributed by atoms with Crippen LogP contribution in [-0.4, -0.2) is 29.7 Å². The number of carbonyl (C=O) groups excluding carboxylic acids is 2. The van der Waals surface area contributed by atoms with Crippen LogP contribution in [0.15, 0.2) is 0 Å². The number of hydrogen-bond acceptors (Lipinski definition) is 7. The van der Waals surface area contributed by atoms with E-state index in [4.69, 9.17) is 16.9 Å². The van der Waals surface area contributed by atoms with Gasteiger partial charge >= 0.3 is 11.9 Å². The summed E-state index contributed by atoms with van der Waals surface area (Å²) in [5.74, 6) is -1.51. The summed E-state index contributed by atoms with van der Waals surface area (Å²) in [6.07, 6.45) is 1.53. The first-order chi connectivity index (χ1) is 7.84. The van der Waals surface area contributed by atoms with Gasteiger partial charge in [-0.3, -0.25) is 0 Å². The molecule has 0 radical (unpaired) electrons. The average Bonchev–Trinajstić information content (AvgIpc) is 2.25. The lowest BCUT2D eigenvalue weighted by atomic mass is 10.0. The third-order valence-corrected chi connectivity index (χ3v) is 2.13. The third kappa shape index (κ3) is 7.42. The predicted molar refractivity (Wildman–Crippen MR) is 61.1 cm³/mol. The summed E-state index contributed by atoms with van der Waals surface area (Å²) in [4.78, 5) is 29.8. The summed E-state index contributed by atoms with van der Waals surface area (Å²) < 4.78 is 0. The Morgan fingerprint density at radius 3 is 2.12 bits per heavy atom. The molecule has 5 N–H and O–H groups in total. The first-order valence-corrected chi connectivity index (χ1v) is 5.29. The summed E-state index contributed by atoms with van der Waals surface area (Å²) in [6, 6.07) is -1.17. The van der Waals surface area contributed by atoms with Crippen LogP contribution in [0.5, 0.6) is 0 Å². The van der Waals surface area contributed by atoms with E-state index in [1.54, 1.807) is 6.92 Å². The van der Waals surface area contributed by atoms with Crippen molar-refractivity contribution < 1.29 is 19.4 Å². The van der Waals surface area contributed by atoms with E-state index in [2.05, 4.69) is 9.78 Å². The molecule has 0 saturated heterocycles. The molecule has 0 fully saturated rings. The van der Waals surface area contributed by atoms with Gasteiger partial charge in [0.2, 0.25) is 0 Å². The Kier molecular flexibility index (Phi) is 7.08. The van der Waals surface area contributed by atoms with Crippen molar-refractivity contribution in [2.45, 2.75) is 45.2 Å². The lowest BCUT2D eigenvalue weighted by molar-refractivity contribution is -0.258. The molecule has 2 unspecified atom stereocenters. The van der Waals surface area contributed by atoms with E-state index >= 15 is 0 Å². The summed E-state index contributed by atoms with van der Waals surface area (Å²) in [5, 5.41) is 7.28. The van der Waals surface area contributed by atoms with Crippen LogP contribution in [0.2, 0.25) is 0 Å². The summed E-state index contributed by atoms with van der Waals surface area (Å²) >= 11 is 0. The molecule has 98 valence electrons. The number of nitrogens with two attached hydrogens (primary N) is 2. The van der Waals surface area contributed by atoms with Gasteiger partial charge in [-0.2, -0.15) is 0 Å². The van der Waals surface area contributed by atoms with Gasteiger partial charge in [0, 0.05) is 18.7 Å². The molecule has 0 aromatic heterocycles. The van der Waals surface area contributed by atoms with Crippen LogP contribution < -0.4 is 11.5 Å². The zero-order valence-electron chi connectivity index (χ0n) is 10.1. The second-order valence-electron chi connectivity index (χ2n) is 3.80. The van der Waals surface area contributed by atoms with Gasteiger partial charge in [0.05, 0.1) is 0 Å². The van der Waals surface area contributed by atoms with Crippen LogP contribution >= 0.6 is 0 Å². The summed E-state index contributed by atoms with van der Waals surface area (Å²) in [6.45, 7) is 2.74. The monoisotopic (exact) mass is 245 g/mol. The van der Waals surface area contributed by atoms with Crippen LogP contribution in [0, 0.1) is 5.41 Å². The standard InChI is InChI=1S/C10H19N3O4/c1-6(11)8(12)4-3-5-9(13)10(15)17-16-7(2)14/h8-9,11H,3-5,12-13H2,1-2H3. The van der Waals surface area contributed by atoms with Crippen LogP contribution in [0.4, 0.5) is 0 Å². The second-order valence-corrected chi connectivity index (χ2v) is 3.80. The van der Waals surface area contributed by atoms with Gasteiger partial charge in [-0.1, -0.05) is 0 Å². The van der Waals surface area contributed by atoms with E-state index in [9.17, 15) is 9.59 Å². The molecular formula is C10H19N3O4. The SMILES string of the molecule is CC(=N)C(N)CCCC(N)C(=O)OOC(C)=O. The van der Waals surface area contributed by atoms with E-state index in [1.807, 2.05) is 0 Å². The molecule has 0 aliphatic carbocycles. The molecule has 0 aliphatic heterocycles. The number of nitrogens with one attached hydrogen (secondary N) is 1. The van der Waals surface area contributed by atoms with Gasteiger partial charge in [0.25, 0.3) is 0 Å². The zero-order chi connectivity index (χ0) is 13.4. The minimum absolute atomic E-state index is 0.313. The molecule has 7 nitrogen and oxygen atoms in total. The zero-order valence-corrected chi connectivity index (χ0v) is 10.1. The van der Waals surface area contributed by atoms with Gasteiger partial charge in [0.15, 0.2) is 0 Å². The highest BCUT2D eigenvalue weighted by molar-refractivity contribution is 5.83. The first-order valence-electron chi connectivity index (χ1n) is 5.29. The van der Waals surface area contributed by atoms with Crippen LogP contribution in [0.3, 0.4) is 0 Å². The Bertz CT molecular complexity index is 293. The van der Waals surface area contributed by atoms with E-state index in [1.165, 1.54) is 0 Å². The van der Waals surface area contributed by atoms with Crippen molar-refractivity contribution in [3.63, 3.8) is 0 Å². The largest absolute Gasteiger partial charge is 0.372 e. The van der Waals surface area contributed by atoms with Crippen molar-refractivity contribution in [2.24, 2.45) is 11.5 Å². The molecule has 2 atom stereocenters. The number of rotatable bonds is 6. The minimum Gasteiger partial charge on any atom is -0.323 e. The van der Waals surface area contributed by atoms with Crippen LogP contribution in [0.25, 0.3) is 0 Å². The Morgan fingerprint density at radius 2 is 1.65 bits per heavy atom. The minimum atomic E-state index is -0.854. The maximum absolute atomic E-state index is 11.2. The lowest BCUT2D eigenvalue weighted by Crippen LogP contribution is -2.34. The third-order valence-electron chi connectivity index (χ3n) is 2.13. The molecule has 17 heavy (non-hydrogen) atoms. The summed E-state index contributed by atoms with van der Waals surface area (Å²) in [7, 11) is 0. The molecule has 0 aromatic rings. The van der Waals surface area contributed by atoms with Gasteiger partial charge in [-0.05, 0) is 26.2 Å². The van der Waals surface area contributed by atoms with Crippen LogP contribution in [-0.2, 0) is 19.4 Å². The number of carbonyl (C=O) groups is 2. The molecule has 0 saturated carbocycles. The fourth-order valence-electron chi connectivity index (χ4n) is 1.05. The maximum Gasteiger partial charge on any atom is 0.372 e. The number of hydrogen-bond donors (Lipinski definition) is 3. The van der Waals surface area contributed by atoms with Crippen molar-refractivity contribution in [3.05, 3.63) is 0 Å². The lowest BCUT2D eigenvalue weighted by Gasteiger charge is -2.12. The molecule has 0 rings (SSSR count). The molecule has 0 amide bonds. The molecule has 0 spiro atoms. The van der Waals surface area contributed by atoms with Crippen molar-refractivity contribution in [3.8, 4) is 0 Å². The van der Waals surface area contributed by atoms with Gasteiger partial charge in [0.1, 0.15) is 6.04 Å². The second kappa shape index (κ2) is 7.75. The van der Waals surface area contributed by atoms with Gasteiger partial charge < -0.3 is 16.9 Å². The smallest absolute Gasteiger partial charge is 0.323 e. The molecule has 0 heterocycles. The van der Waals surface area contributed by atoms with Crippen molar-refractivity contribution in [1.29, 1.82) is 5.41 Å². The highest BCUT2D eigenvalue weighted by atomic mass is 17.2. The quantitative estimate of drug-likeness (QED) is 0.339. The average molecular weight is 245 g/mol. The van der Waals surface area contributed by atoms with Crippen molar-refractivity contribution >= 4 is 17.7 Å². The highest BCUT2D eigenvalue weighted by Crippen LogP contribution is 2.04. The fourth-order valence-corrected chi connectivity index (χ4v) is 1.05. The Labute approximate surface area is 99.9 Å². The van der Waals surface area contributed by atoms with Crippen molar-refractivity contribution in [2.75, 3.05) is 0 Å². The molecule has 0 aromatic carbocycles. The molecule has 7 heteroatoms. The van der Waals surface area contributed by atoms with Crippen LogP contribution in [0.1, 0.15) is 33.1 Å². The van der Waals surface area contributed by atoms with E-state index in [-0.39, 0.29) is 6.04 Å². The fraction of sp³-hybridized carbons (Fsp3) is 0.700. The molecular weight excluding hydrogens is 226 g/mol. The molecule has 0 bridgehead atoms. The topological polar surface area (TPSA) is 128 Å². The Morgan fingerprint density at radius 1 is 1.12 bits per heavy atom. The highest BCUT2D eigenvalue weighted by Gasteiger charge is 2.17. The van der Waals surface area contributed by atoms with E-state index < -0.39 is 18.0 Å². The van der Waals surface area contributed by atoms with E-state index in [0.29, 0.717) is 25.0 Å². The van der Waals surface area contributed by atoms with Crippen molar-refractivity contribution in [1.82, 2.24) is 0 Å². The predicted octanol–water partition coefficient (Wildman–Crippen LogP) is -0.128. The molecule has 0 aliphatic rings. The summed E-state index contributed by atoms with van der Waals surface area (Å²) in [5.41, 5.74) is 11.5. The van der Waals surface area contributed by atoms with Gasteiger partial charge in [-0.25, -0.2) is 19.4 Å². The maximum atomic E-state index is 11.2.